The molecular formula is C16H25FN2O3S. The minimum atomic E-state index is -3.22. The summed E-state index contributed by atoms with van der Waals surface area (Å²) in [4.78, 5) is 15.8. The van der Waals surface area contributed by atoms with Crippen molar-refractivity contribution in [3.05, 3.63) is 29.6 Å². The number of anilines is 1. The Morgan fingerprint density at radius 3 is 2.17 bits per heavy atom. The van der Waals surface area contributed by atoms with Gasteiger partial charge < -0.3 is 9.80 Å². The second-order valence-electron chi connectivity index (χ2n) is 6.82. The van der Waals surface area contributed by atoms with Crippen LogP contribution >= 0.6 is 0 Å². The van der Waals surface area contributed by atoms with Gasteiger partial charge in [0.1, 0.15) is 15.7 Å². The van der Waals surface area contributed by atoms with E-state index in [2.05, 4.69) is 0 Å². The fourth-order valence-corrected chi connectivity index (χ4v) is 2.61. The zero-order chi connectivity index (χ0) is 18.0. The van der Waals surface area contributed by atoms with Gasteiger partial charge in [-0.25, -0.2) is 12.8 Å². The Kier molecular flexibility index (Phi) is 5.79. The highest BCUT2D eigenvalue weighted by Crippen LogP contribution is 2.22. The molecule has 0 aliphatic heterocycles. The van der Waals surface area contributed by atoms with Crippen LogP contribution in [0.1, 0.15) is 31.1 Å². The number of amides is 1. The molecule has 1 aromatic rings. The molecule has 1 aromatic carbocycles. The van der Waals surface area contributed by atoms with Crippen LogP contribution in [0.5, 0.6) is 0 Å². The van der Waals surface area contributed by atoms with E-state index in [4.69, 9.17) is 0 Å². The number of nitrogens with zero attached hydrogens (tertiary/aromatic N) is 2. The lowest BCUT2D eigenvalue weighted by atomic mass is 10.0. The summed E-state index contributed by atoms with van der Waals surface area (Å²) in [5.74, 6) is -1.29. The number of carbonyl (C=O) groups excluding carboxylic acids is 1. The minimum absolute atomic E-state index is 0.0238. The van der Waals surface area contributed by atoms with Crippen LogP contribution in [0.25, 0.3) is 0 Å². The first-order valence-corrected chi connectivity index (χ1v) is 9.35. The van der Waals surface area contributed by atoms with Gasteiger partial charge in [0.2, 0.25) is 0 Å². The highest BCUT2D eigenvalue weighted by atomic mass is 32.2. The fraction of sp³-hybridized carbons (Fsp3) is 0.562. The highest BCUT2D eigenvalue weighted by molar-refractivity contribution is 7.90. The Labute approximate surface area is 138 Å². The molecule has 0 saturated carbocycles. The van der Waals surface area contributed by atoms with Gasteiger partial charge in [-0.2, -0.15) is 0 Å². The monoisotopic (exact) mass is 344 g/mol. The predicted molar refractivity (Wildman–Crippen MR) is 91.2 cm³/mol. The third-order valence-corrected chi connectivity index (χ3v) is 4.36. The second kappa shape index (κ2) is 6.86. The van der Waals surface area contributed by atoms with Crippen LogP contribution in [-0.2, 0) is 9.84 Å². The van der Waals surface area contributed by atoms with E-state index in [0.717, 1.165) is 6.26 Å². The number of halogens is 1. The summed E-state index contributed by atoms with van der Waals surface area (Å²) in [5, 5.41) is 0. The number of benzene rings is 1. The van der Waals surface area contributed by atoms with Gasteiger partial charge in [-0.1, -0.05) is 0 Å². The predicted octanol–water partition coefficient (Wildman–Crippen LogP) is 2.18. The van der Waals surface area contributed by atoms with Crippen molar-refractivity contribution in [1.82, 2.24) is 4.90 Å². The maximum atomic E-state index is 14.3. The fourth-order valence-electron chi connectivity index (χ4n) is 2.10. The molecule has 0 fully saturated rings. The molecule has 0 heterocycles. The maximum absolute atomic E-state index is 14.3. The van der Waals surface area contributed by atoms with E-state index in [1.807, 2.05) is 0 Å². The summed E-state index contributed by atoms with van der Waals surface area (Å²) in [6.45, 7) is 5.40. The Hall–Kier alpha value is -1.63. The van der Waals surface area contributed by atoms with Gasteiger partial charge in [-0.15, -0.1) is 0 Å². The molecule has 23 heavy (non-hydrogen) atoms. The topological polar surface area (TPSA) is 57.7 Å². The number of rotatable bonds is 5. The van der Waals surface area contributed by atoms with Crippen molar-refractivity contribution in [2.75, 3.05) is 37.5 Å². The number of carbonyl (C=O) groups is 1. The zero-order valence-electron chi connectivity index (χ0n) is 14.6. The van der Waals surface area contributed by atoms with Crippen molar-refractivity contribution in [2.24, 2.45) is 0 Å². The van der Waals surface area contributed by atoms with E-state index in [-0.39, 0.29) is 17.9 Å². The molecule has 0 aliphatic rings. The lowest BCUT2D eigenvalue weighted by molar-refractivity contribution is 0.0596. The van der Waals surface area contributed by atoms with Gasteiger partial charge in [0, 0.05) is 38.1 Å². The second-order valence-corrected chi connectivity index (χ2v) is 9.08. The van der Waals surface area contributed by atoms with Crippen LogP contribution < -0.4 is 4.90 Å². The lowest BCUT2D eigenvalue weighted by Gasteiger charge is -2.35. The van der Waals surface area contributed by atoms with E-state index in [9.17, 15) is 17.6 Å². The van der Waals surface area contributed by atoms with Crippen molar-refractivity contribution >= 4 is 21.4 Å². The first-order chi connectivity index (χ1) is 10.3. The standard InChI is InChI=1S/C16H25FN2O3S/c1-16(2,3)19(9-10-23(6,21)22)15(20)13-8-7-12(18(4)5)11-14(13)17/h7-8,11H,9-10H2,1-6H3. The van der Waals surface area contributed by atoms with Gasteiger partial charge in [0.25, 0.3) is 5.91 Å². The van der Waals surface area contributed by atoms with Crippen molar-refractivity contribution < 1.29 is 17.6 Å². The molecule has 1 rings (SSSR count). The molecule has 0 saturated heterocycles. The summed E-state index contributed by atoms with van der Waals surface area (Å²) in [7, 11) is 0.346. The zero-order valence-corrected chi connectivity index (χ0v) is 15.4. The molecule has 130 valence electrons. The summed E-state index contributed by atoms with van der Waals surface area (Å²) >= 11 is 0. The van der Waals surface area contributed by atoms with Crippen molar-refractivity contribution in [1.29, 1.82) is 0 Å². The molecule has 0 N–H and O–H groups in total. The summed E-state index contributed by atoms with van der Waals surface area (Å²) in [6, 6.07) is 4.39. The largest absolute Gasteiger partial charge is 0.378 e. The summed E-state index contributed by atoms with van der Waals surface area (Å²) < 4.78 is 37.1. The van der Waals surface area contributed by atoms with Crippen LogP contribution in [0.15, 0.2) is 18.2 Å². The highest BCUT2D eigenvalue weighted by Gasteiger charge is 2.29. The van der Waals surface area contributed by atoms with Crippen LogP contribution in [0.3, 0.4) is 0 Å². The quantitative estimate of drug-likeness (QED) is 0.821. The van der Waals surface area contributed by atoms with Gasteiger partial charge in [0.05, 0.1) is 11.3 Å². The SMILES string of the molecule is CN(C)c1ccc(C(=O)N(CCS(C)(=O)=O)C(C)(C)C)c(F)c1. The van der Waals surface area contributed by atoms with E-state index in [1.54, 1.807) is 45.8 Å². The summed E-state index contributed by atoms with van der Waals surface area (Å²) in [6.07, 6.45) is 1.12. The third kappa shape index (κ3) is 5.49. The maximum Gasteiger partial charge on any atom is 0.257 e. The Bertz CT molecular complexity index is 679. The molecule has 0 bridgehead atoms. The molecule has 5 nitrogen and oxygen atoms in total. The molecule has 1 amide bonds. The van der Waals surface area contributed by atoms with Crippen molar-refractivity contribution in [2.45, 2.75) is 26.3 Å². The van der Waals surface area contributed by atoms with Gasteiger partial charge in [-0.05, 0) is 39.0 Å². The third-order valence-electron chi connectivity index (χ3n) is 3.44. The number of sulfone groups is 1. The van der Waals surface area contributed by atoms with Gasteiger partial charge >= 0.3 is 0 Å². The number of hydrogen-bond acceptors (Lipinski definition) is 4. The van der Waals surface area contributed by atoms with E-state index in [0.29, 0.717) is 5.69 Å². The Balaban J connectivity index is 3.15. The average molecular weight is 344 g/mol. The Morgan fingerprint density at radius 2 is 1.78 bits per heavy atom. The van der Waals surface area contributed by atoms with Crippen LogP contribution in [0, 0.1) is 5.82 Å². The lowest BCUT2D eigenvalue weighted by Crippen LogP contribution is -2.48. The van der Waals surface area contributed by atoms with E-state index >= 15 is 0 Å². The first-order valence-electron chi connectivity index (χ1n) is 7.29. The molecule has 0 atom stereocenters. The molecule has 0 radical (unpaired) electrons. The Morgan fingerprint density at radius 1 is 1.22 bits per heavy atom. The average Bonchev–Trinajstić information content (AvgIpc) is 2.35. The first kappa shape index (κ1) is 19.4. The normalized spacial score (nSPS) is 12.1. The van der Waals surface area contributed by atoms with Gasteiger partial charge in [-0.3, -0.25) is 4.79 Å². The molecular weight excluding hydrogens is 319 g/mol. The van der Waals surface area contributed by atoms with Gasteiger partial charge in [0.15, 0.2) is 0 Å². The van der Waals surface area contributed by atoms with E-state index in [1.165, 1.54) is 17.0 Å². The molecule has 7 heteroatoms. The number of hydrogen-bond donors (Lipinski definition) is 0. The van der Waals surface area contributed by atoms with Crippen LogP contribution in [-0.4, -0.2) is 57.4 Å². The van der Waals surface area contributed by atoms with Crippen molar-refractivity contribution in [3.63, 3.8) is 0 Å². The molecule has 0 spiro atoms. The minimum Gasteiger partial charge on any atom is -0.378 e. The van der Waals surface area contributed by atoms with Crippen molar-refractivity contribution in [3.8, 4) is 0 Å². The molecule has 0 aliphatic carbocycles. The molecule has 0 aromatic heterocycles. The smallest absolute Gasteiger partial charge is 0.257 e. The van der Waals surface area contributed by atoms with Crippen LogP contribution in [0.4, 0.5) is 10.1 Å². The molecule has 0 unspecified atom stereocenters. The van der Waals surface area contributed by atoms with E-state index < -0.39 is 27.1 Å². The van der Waals surface area contributed by atoms with Crippen LogP contribution in [0.2, 0.25) is 0 Å². The summed E-state index contributed by atoms with van der Waals surface area (Å²) in [5.41, 5.74) is -0.0226.